The van der Waals surface area contributed by atoms with Gasteiger partial charge in [-0.15, -0.1) is 0 Å². The third-order valence-electron chi connectivity index (χ3n) is 3.28. The summed E-state index contributed by atoms with van der Waals surface area (Å²) in [6, 6.07) is -0.408. The van der Waals surface area contributed by atoms with Crippen molar-refractivity contribution < 1.29 is 9.90 Å². The molecule has 2 atom stereocenters. The molecule has 0 saturated heterocycles. The molecule has 0 aliphatic heterocycles. The first-order valence-corrected chi connectivity index (χ1v) is 5.83. The van der Waals surface area contributed by atoms with E-state index >= 15 is 0 Å². The van der Waals surface area contributed by atoms with Crippen molar-refractivity contribution in [3.8, 4) is 0 Å². The van der Waals surface area contributed by atoms with Gasteiger partial charge in [0.1, 0.15) is 6.04 Å². The lowest BCUT2D eigenvalue weighted by Crippen LogP contribution is -2.39. The Bertz CT molecular complexity index is 400. The number of aryl methyl sites for hydroxylation is 2. The summed E-state index contributed by atoms with van der Waals surface area (Å²) in [5.41, 5.74) is 2.03. The molecule has 0 spiro atoms. The highest BCUT2D eigenvalue weighted by molar-refractivity contribution is 5.73. The monoisotopic (exact) mass is 239 g/mol. The standard InChI is InChI=1S/C12H21N3O2/c1-6-11(12(16)17)15(5)9(3)10-7-14(4)13-8(10)2/h7,9,11H,6H2,1-5H3,(H,16,17). The minimum absolute atomic E-state index is 0.0461. The van der Waals surface area contributed by atoms with E-state index in [4.69, 9.17) is 5.11 Å². The lowest BCUT2D eigenvalue weighted by atomic mass is 10.1. The Labute approximate surface area is 102 Å². The van der Waals surface area contributed by atoms with Crippen molar-refractivity contribution >= 4 is 5.97 Å². The van der Waals surface area contributed by atoms with Crippen LogP contribution in [0.4, 0.5) is 0 Å². The maximum atomic E-state index is 11.1. The summed E-state index contributed by atoms with van der Waals surface area (Å²) < 4.78 is 1.76. The van der Waals surface area contributed by atoms with Crippen LogP contribution in [0.5, 0.6) is 0 Å². The van der Waals surface area contributed by atoms with Crippen LogP contribution < -0.4 is 0 Å². The third-order valence-corrected chi connectivity index (χ3v) is 3.28. The van der Waals surface area contributed by atoms with E-state index in [1.54, 1.807) is 4.68 Å². The summed E-state index contributed by atoms with van der Waals surface area (Å²) in [6.45, 7) is 5.84. The molecule has 5 heteroatoms. The van der Waals surface area contributed by atoms with Crippen LogP contribution in [0, 0.1) is 6.92 Å². The average Bonchev–Trinajstić information content (AvgIpc) is 2.57. The minimum Gasteiger partial charge on any atom is -0.480 e. The van der Waals surface area contributed by atoms with Crippen LogP contribution in [-0.2, 0) is 11.8 Å². The number of nitrogens with zero attached hydrogens (tertiary/aromatic N) is 3. The van der Waals surface area contributed by atoms with E-state index in [0.29, 0.717) is 6.42 Å². The van der Waals surface area contributed by atoms with Crippen LogP contribution >= 0.6 is 0 Å². The Morgan fingerprint density at radius 3 is 2.59 bits per heavy atom. The number of aliphatic carboxylic acids is 1. The first-order chi connectivity index (χ1) is 7.88. The molecule has 0 aliphatic rings. The Balaban J connectivity index is 2.92. The van der Waals surface area contributed by atoms with E-state index in [9.17, 15) is 4.79 Å². The van der Waals surface area contributed by atoms with Gasteiger partial charge in [0.2, 0.25) is 0 Å². The van der Waals surface area contributed by atoms with Crippen molar-refractivity contribution in [2.24, 2.45) is 7.05 Å². The summed E-state index contributed by atoms with van der Waals surface area (Å²) >= 11 is 0. The maximum Gasteiger partial charge on any atom is 0.320 e. The summed E-state index contributed by atoms with van der Waals surface area (Å²) in [5, 5.41) is 13.4. The van der Waals surface area contributed by atoms with Crippen molar-refractivity contribution in [3.05, 3.63) is 17.5 Å². The van der Waals surface area contributed by atoms with Gasteiger partial charge in [-0.25, -0.2) is 0 Å². The number of aromatic nitrogens is 2. The topological polar surface area (TPSA) is 58.4 Å². The highest BCUT2D eigenvalue weighted by Crippen LogP contribution is 2.24. The van der Waals surface area contributed by atoms with Crippen LogP contribution in [0.25, 0.3) is 0 Å². The molecule has 1 N–H and O–H groups in total. The number of likely N-dealkylation sites (N-methyl/N-ethyl adjacent to an activating group) is 1. The minimum atomic E-state index is -0.775. The number of carbonyl (C=O) groups is 1. The molecule has 0 aromatic carbocycles. The number of hydrogen-bond acceptors (Lipinski definition) is 3. The highest BCUT2D eigenvalue weighted by atomic mass is 16.4. The average molecular weight is 239 g/mol. The second kappa shape index (κ2) is 5.31. The van der Waals surface area contributed by atoms with Gasteiger partial charge < -0.3 is 5.11 Å². The second-order valence-corrected chi connectivity index (χ2v) is 4.45. The third kappa shape index (κ3) is 2.85. The summed E-state index contributed by atoms with van der Waals surface area (Å²) in [6.07, 6.45) is 2.54. The van der Waals surface area contributed by atoms with Crippen LogP contribution in [-0.4, -0.2) is 38.8 Å². The van der Waals surface area contributed by atoms with Crippen LogP contribution in [0.3, 0.4) is 0 Å². The molecule has 0 aliphatic carbocycles. The number of carboxylic acids is 1. The van der Waals surface area contributed by atoms with E-state index in [1.165, 1.54) is 0 Å². The van der Waals surface area contributed by atoms with Gasteiger partial charge in [-0.1, -0.05) is 6.92 Å². The predicted octanol–water partition coefficient (Wildman–Crippen LogP) is 1.58. The molecule has 0 saturated carbocycles. The Morgan fingerprint density at radius 2 is 2.24 bits per heavy atom. The Hall–Kier alpha value is -1.36. The number of hydrogen-bond donors (Lipinski definition) is 1. The number of rotatable bonds is 5. The quantitative estimate of drug-likeness (QED) is 0.847. The summed E-state index contributed by atoms with van der Waals surface area (Å²) in [7, 11) is 3.72. The molecule has 1 aromatic rings. The van der Waals surface area contributed by atoms with E-state index in [2.05, 4.69) is 5.10 Å². The van der Waals surface area contributed by atoms with Gasteiger partial charge in [-0.2, -0.15) is 5.10 Å². The summed E-state index contributed by atoms with van der Waals surface area (Å²) in [5.74, 6) is -0.775. The molecule has 17 heavy (non-hydrogen) atoms. The molecule has 0 bridgehead atoms. The van der Waals surface area contributed by atoms with Crippen molar-refractivity contribution in [1.82, 2.24) is 14.7 Å². The van der Waals surface area contributed by atoms with Crippen LogP contribution in [0.1, 0.15) is 37.6 Å². The molecular weight excluding hydrogens is 218 g/mol. The van der Waals surface area contributed by atoms with E-state index in [1.807, 2.05) is 46.0 Å². The SMILES string of the molecule is CCC(C(=O)O)N(C)C(C)c1cn(C)nc1C. The van der Waals surface area contributed by atoms with Crippen molar-refractivity contribution in [3.63, 3.8) is 0 Å². The zero-order valence-corrected chi connectivity index (χ0v) is 11.1. The molecule has 1 rings (SSSR count). The van der Waals surface area contributed by atoms with Crippen LogP contribution in [0.2, 0.25) is 0 Å². The number of carboxylic acid groups (broad SMARTS) is 1. The normalized spacial score (nSPS) is 14.9. The molecule has 1 aromatic heterocycles. The molecule has 0 amide bonds. The predicted molar refractivity (Wildman–Crippen MR) is 65.8 cm³/mol. The van der Waals surface area contributed by atoms with Gasteiger partial charge in [-0.3, -0.25) is 14.4 Å². The fourth-order valence-corrected chi connectivity index (χ4v) is 2.15. The lowest BCUT2D eigenvalue weighted by Gasteiger charge is -2.29. The highest BCUT2D eigenvalue weighted by Gasteiger charge is 2.26. The zero-order valence-electron chi connectivity index (χ0n) is 11.1. The van der Waals surface area contributed by atoms with Gasteiger partial charge in [0.15, 0.2) is 0 Å². The molecule has 0 radical (unpaired) electrons. The van der Waals surface area contributed by atoms with E-state index in [-0.39, 0.29) is 6.04 Å². The van der Waals surface area contributed by atoms with Gasteiger partial charge in [0.05, 0.1) is 5.69 Å². The van der Waals surface area contributed by atoms with E-state index < -0.39 is 12.0 Å². The first kappa shape index (κ1) is 13.7. The van der Waals surface area contributed by atoms with E-state index in [0.717, 1.165) is 11.3 Å². The van der Waals surface area contributed by atoms with Gasteiger partial charge in [0.25, 0.3) is 0 Å². The molecule has 5 nitrogen and oxygen atoms in total. The Kier molecular flexibility index (Phi) is 4.28. The summed E-state index contributed by atoms with van der Waals surface area (Å²) in [4.78, 5) is 13.0. The van der Waals surface area contributed by atoms with Gasteiger partial charge >= 0.3 is 5.97 Å². The molecule has 2 unspecified atom stereocenters. The molecule has 0 fully saturated rings. The molecule has 1 heterocycles. The molecular formula is C12H21N3O2. The largest absolute Gasteiger partial charge is 0.480 e. The second-order valence-electron chi connectivity index (χ2n) is 4.45. The van der Waals surface area contributed by atoms with Gasteiger partial charge in [-0.05, 0) is 27.3 Å². The van der Waals surface area contributed by atoms with Gasteiger partial charge in [0, 0.05) is 24.8 Å². The smallest absolute Gasteiger partial charge is 0.320 e. The van der Waals surface area contributed by atoms with Crippen LogP contribution in [0.15, 0.2) is 6.20 Å². The lowest BCUT2D eigenvalue weighted by molar-refractivity contribution is -0.143. The van der Waals surface area contributed by atoms with Crippen molar-refractivity contribution in [1.29, 1.82) is 0 Å². The fourth-order valence-electron chi connectivity index (χ4n) is 2.15. The zero-order chi connectivity index (χ0) is 13.2. The molecule has 96 valence electrons. The van der Waals surface area contributed by atoms with Crippen molar-refractivity contribution in [2.45, 2.75) is 39.3 Å². The fraction of sp³-hybridized carbons (Fsp3) is 0.667. The Morgan fingerprint density at radius 1 is 1.65 bits per heavy atom. The first-order valence-electron chi connectivity index (χ1n) is 5.83. The van der Waals surface area contributed by atoms with Crippen molar-refractivity contribution in [2.75, 3.05) is 7.05 Å². The maximum absolute atomic E-state index is 11.1.